The lowest BCUT2D eigenvalue weighted by molar-refractivity contribution is 0.103. The number of rotatable bonds is 5. The molecule has 4 rings (SSSR count). The zero-order chi connectivity index (χ0) is 21.4. The number of nitrogens with one attached hydrogen (secondary N) is 2. The van der Waals surface area contributed by atoms with E-state index in [0.717, 1.165) is 18.6 Å². The standard InChI is InChI=1S/C18H17BFN3O6S/c1-9-11(19-28-5-2-6-29-19)8-22-18-14(9)10(7-21-18)17(25)15-13(24)4-3-12(16(15)20)23-30(26)27/h3-4,7-8,24,30H,2,5-6H2,1H3,(H,21,22)(H,23,26,27). The summed E-state index contributed by atoms with van der Waals surface area (Å²) in [6.07, 6.45) is 3.73. The van der Waals surface area contributed by atoms with Crippen molar-refractivity contribution in [3.8, 4) is 5.75 Å². The number of halogens is 1. The van der Waals surface area contributed by atoms with Crippen LogP contribution in [0.2, 0.25) is 0 Å². The largest absolute Gasteiger partial charge is 0.507 e. The van der Waals surface area contributed by atoms with Gasteiger partial charge in [0.1, 0.15) is 17.0 Å². The highest BCUT2D eigenvalue weighted by Crippen LogP contribution is 2.31. The Labute approximate surface area is 172 Å². The normalized spacial score (nSPS) is 14.4. The van der Waals surface area contributed by atoms with Crippen molar-refractivity contribution >= 4 is 46.0 Å². The summed E-state index contributed by atoms with van der Waals surface area (Å²) in [6.45, 7) is 2.82. The van der Waals surface area contributed by atoms with Crippen LogP contribution in [0.4, 0.5) is 10.1 Å². The molecule has 3 N–H and O–H groups in total. The maximum Gasteiger partial charge on any atom is 0.495 e. The summed E-state index contributed by atoms with van der Waals surface area (Å²) < 4.78 is 49.8. The second-order valence-electron chi connectivity index (χ2n) is 6.71. The summed E-state index contributed by atoms with van der Waals surface area (Å²) in [5, 5.41) is 10.5. The van der Waals surface area contributed by atoms with Crippen LogP contribution in [0.5, 0.6) is 5.75 Å². The first kappa shape index (κ1) is 20.3. The molecule has 0 aliphatic carbocycles. The second kappa shape index (κ2) is 8.05. The van der Waals surface area contributed by atoms with Crippen molar-refractivity contribution in [1.29, 1.82) is 0 Å². The molecular formula is C18H17BFN3O6S. The van der Waals surface area contributed by atoms with Crippen LogP contribution in [0.25, 0.3) is 11.0 Å². The van der Waals surface area contributed by atoms with Crippen LogP contribution in [0.15, 0.2) is 24.5 Å². The SMILES string of the molecule is Cc1c(B2OCCCO2)cnc2[nH]cc(C(=O)c3c(O)ccc(N[SH](=O)=O)c3F)c12. The molecular weight excluding hydrogens is 416 g/mol. The van der Waals surface area contributed by atoms with Gasteiger partial charge in [0.05, 0.1) is 11.3 Å². The van der Waals surface area contributed by atoms with E-state index in [1.807, 2.05) is 4.72 Å². The number of carbonyl (C=O) groups is 1. The first-order chi connectivity index (χ1) is 14.4. The average molecular weight is 433 g/mol. The van der Waals surface area contributed by atoms with Crippen molar-refractivity contribution in [3.63, 3.8) is 0 Å². The summed E-state index contributed by atoms with van der Waals surface area (Å²) >= 11 is 0. The molecule has 3 heterocycles. The molecule has 1 saturated heterocycles. The number of fused-ring (bicyclic) bond motifs is 1. The highest BCUT2D eigenvalue weighted by molar-refractivity contribution is 7.73. The van der Waals surface area contributed by atoms with E-state index in [9.17, 15) is 22.7 Å². The predicted octanol–water partition coefficient (Wildman–Crippen LogP) is 1.02. The molecule has 1 aromatic carbocycles. The van der Waals surface area contributed by atoms with E-state index < -0.39 is 46.6 Å². The number of thiol groups is 1. The number of phenols is 1. The number of phenolic OH excluding ortho intramolecular Hbond substituents is 1. The molecule has 0 radical (unpaired) electrons. The summed E-state index contributed by atoms with van der Waals surface area (Å²) in [7, 11) is -3.78. The molecule has 30 heavy (non-hydrogen) atoms. The number of aromatic nitrogens is 2. The third-order valence-electron chi connectivity index (χ3n) is 4.88. The smallest absolute Gasteiger partial charge is 0.495 e. The molecule has 0 amide bonds. The second-order valence-corrected chi connectivity index (χ2v) is 7.45. The third kappa shape index (κ3) is 3.53. The van der Waals surface area contributed by atoms with E-state index >= 15 is 0 Å². The number of hydrogen-bond donors (Lipinski definition) is 4. The van der Waals surface area contributed by atoms with Gasteiger partial charge >= 0.3 is 7.12 Å². The summed E-state index contributed by atoms with van der Waals surface area (Å²) in [4.78, 5) is 20.3. The minimum atomic E-state index is -3.15. The van der Waals surface area contributed by atoms with Crippen LogP contribution in [0.1, 0.15) is 27.9 Å². The Balaban J connectivity index is 1.83. The van der Waals surface area contributed by atoms with Gasteiger partial charge in [0.25, 0.3) is 0 Å². The number of H-pyrrole nitrogens is 1. The molecule has 156 valence electrons. The van der Waals surface area contributed by atoms with E-state index in [-0.39, 0.29) is 5.56 Å². The Bertz CT molecular complexity index is 1210. The quantitative estimate of drug-likeness (QED) is 0.205. The van der Waals surface area contributed by atoms with E-state index in [1.165, 1.54) is 6.20 Å². The Morgan fingerprint density at radius 2 is 2.07 bits per heavy atom. The lowest BCUT2D eigenvalue weighted by Gasteiger charge is -2.21. The number of nitrogens with zero attached hydrogens (tertiary/aromatic N) is 1. The number of ketones is 1. The van der Waals surface area contributed by atoms with Gasteiger partial charge in [0.15, 0.2) is 5.82 Å². The molecule has 3 aromatic rings. The fourth-order valence-corrected chi connectivity index (χ4v) is 3.82. The van der Waals surface area contributed by atoms with E-state index in [4.69, 9.17) is 9.31 Å². The number of benzene rings is 1. The fraction of sp³-hybridized carbons (Fsp3) is 0.222. The number of hydrogen-bond acceptors (Lipinski definition) is 7. The molecule has 9 nitrogen and oxygen atoms in total. The first-order valence-corrected chi connectivity index (χ1v) is 10.2. The van der Waals surface area contributed by atoms with Crippen LogP contribution in [-0.4, -0.2) is 49.6 Å². The van der Waals surface area contributed by atoms with Crippen LogP contribution in [0, 0.1) is 12.7 Å². The molecule has 0 spiro atoms. The number of aromatic amines is 1. The molecule has 1 fully saturated rings. The minimum Gasteiger partial charge on any atom is -0.507 e. The Hall–Kier alpha value is -2.96. The average Bonchev–Trinajstić information content (AvgIpc) is 3.16. The summed E-state index contributed by atoms with van der Waals surface area (Å²) in [5.41, 5.74) is 0.685. The van der Waals surface area contributed by atoms with Gasteiger partial charge in [0.2, 0.25) is 16.7 Å². The summed E-state index contributed by atoms with van der Waals surface area (Å²) in [6, 6.07) is 2.08. The van der Waals surface area contributed by atoms with Gasteiger partial charge in [-0.05, 0) is 31.0 Å². The maximum atomic E-state index is 14.8. The lowest BCUT2D eigenvalue weighted by atomic mass is 9.75. The van der Waals surface area contributed by atoms with Gasteiger partial charge in [-0.3, -0.25) is 9.52 Å². The minimum absolute atomic E-state index is 0.0746. The lowest BCUT2D eigenvalue weighted by Crippen LogP contribution is -2.42. The van der Waals surface area contributed by atoms with Gasteiger partial charge in [-0.15, -0.1) is 0 Å². The highest BCUT2D eigenvalue weighted by Gasteiger charge is 2.30. The number of aryl methyl sites for hydroxylation is 1. The Morgan fingerprint density at radius 1 is 1.33 bits per heavy atom. The zero-order valence-electron chi connectivity index (χ0n) is 15.8. The van der Waals surface area contributed by atoms with E-state index in [2.05, 4.69) is 9.97 Å². The number of anilines is 1. The molecule has 2 aromatic heterocycles. The monoisotopic (exact) mass is 433 g/mol. The van der Waals surface area contributed by atoms with Crippen molar-refractivity contribution in [2.45, 2.75) is 13.3 Å². The topological polar surface area (TPSA) is 131 Å². The summed E-state index contributed by atoms with van der Waals surface area (Å²) in [5.74, 6) is -2.61. The van der Waals surface area contributed by atoms with Gasteiger partial charge in [-0.25, -0.2) is 17.8 Å². The highest BCUT2D eigenvalue weighted by atomic mass is 32.2. The van der Waals surface area contributed by atoms with Crippen molar-refractivity contribution in [2.75, 3.05) is 17.9 Å². The van der Waals surface area contributed by atoms with Gasteiger partial charge < -0.3 is 19.4 Å². The molecule has 0 bridgehead atoms. The number of carbonyl (C=O) groups excluding carboxylic acids is 1. The van der Waals surface area contributed by atoms with Crippen LogP contribution in [-0.2, 0) is 20.2 Å². The van der Waals surface area contributed by atoms with Crippen LogP contribution < -0.4 is 10.2 Å². The van der Waals surface area contributed by atoms with E-state index in [1.54, 1.807) is 13.1 Å². The van der Waals surface area contributed by atoms with Crippen molar-refractivity contribution in [3.05, 3.63) is 47.0 Å². The van der Waals surface area contributed by atoms with E-state index in [0.29, 0.717) is 35.3 Å². The maximum absolute atomic E-state index is 14.8. The first-order valence-electron chi connectivity index (χ1n) is 9.05. The Morgan fingerprint density at radius 3 is 2.77 bits per heavy atom. The molecule has 12 heteroatoms. The molecule has 0 atom stereocenters. The molecule has 1 aliphatic rings. The van der Waals surface area contributed by atoms with Gasteiger partial charge in [0, 0.05) is 36.5 Å². The Kier molecular flexibility index (Phi) is 5.45. The molecule has 0 saturated carbocycles. The van der Waals surface area contributed by atoms with Gasteiger partial charge in [-0.1, -0.05) is 0 Å². The van der Waals surface area contributed by atoms with Crippen LogP contribution in [0.3, 0.4) is 0 Å². The zero-order valence-corrected chi connectivity index (χ0v) is 16.7. The predicted molar refractivity (Wildman–Crippen MR) is 108 cm³/mol. The van der Waals surface area contributed by atoms with Crippen molar-refractivity contribution in [2.24, 2.45) is 0 Å². The molecule has 1 aliphatic heterocycles. The third-order valence-corrected chi connectivity index (χ3v) is 5.31. The van der Waals surface area contributed by atoms with Crippen molar-refractivity contribution < 1.29 is 32.0 Å². The fourth-order valence-electron chi connectivity index (χ4n) is 3.45. The number of pyridine rings is 1. The number of aromatic hydroxyl groups is 1. The van der Waals surface area contributed by atoms with Gasteiger partial charge in [-0.2, -0.15) is 0 Å². The van der Waals surface area contributed by atoms with Crippen LogP contribution >= 0.6 is 0 Å². The van der Waals surface area contributed by atoms with Crippen molar-refractivity contribution in [1.82, 2.24) is 9.97 Å². The molecule has 0 unspecified atom stereocenters.